The molecule has 0 N–H and O–H groups in total. The van der Waals surface area contributed by atoms with E-state index >= 15 is 0 Å². The number of nitrogens with zero attached hydrogens (tertiary/aromatic N) is 3. The van der Waals surface area contributed by atoms with Gasteiger partial charge in [0, 0.05) is 25.7 Å². The van der Waals surface area contributed by atoms with E-state index < -0.39 is 15.8 Å². The fraction of sp³-hybridized carbons (Fsp3) is 0.357. The van der Waals surface area contributed by atoms with Crippen LogP contribution in [0.4, 0.5) is 4.39 Å². The zero-order chi connectivity index (χ0) is 16.7. The Labute approximate surface area is 134 Å². The van der Waals surface area contributed by atoms with Gasteiger partial charge >= 0.3 is 0 Å². The molecule has 0 spiro atoms. The predicted octanol–water partition coefficient (Wildman–Crippen LogP) is 2.65. The van der Waals surface area contributed by atoms with Crippen LogP contribution < -0.4 is 0 Å². The lowest BCUT2D eigenvalue weighted by Gasteiger charge is -2.18. The fourth-order valence-corrected chi connectivity index (χ4v) is 4.03. The molecular weight excluding hydrogens is 329 g/mol. The first-order chi connectivity index (χ1) is 10.1. The normalized spacial score (nSPS) is 12.1. The maximum Gasteiger partial charge on any atom is 0.246 e. The first-order valence-corrected chi connectivity index (χ1v) is 8.37. The molecule has 1 aromatic heterocycles. The maximum atomic E-state index is 13.1. The number of aryl methyl sites for hydroxylation is 2. The number of aromatic nitrogens is 2. The molecule has 0 saturated heterocycles. The van der Waals surface area contributed by atoms with Crippen molar-refractivity contribution in [3.8, 4) is 0 Å². The van der Waals surface area contributed by atoms with Crippen molar-refractivity contribution in [1.29, 1.82) is 0 Å². The summed E-state index contributed by atoms with van der Waals surface area (Å²) >= 11 is 5.96. The van der Waals surface area contributed by atoms with Crippen molar-refractivity contribution in [3.05, 3.63) is 46.0 Å². The Morgan fingerprint density at radius 1 is 1.36 bits per heavy atom. The van der Waals surface area contributed by atoms with E-state index in [1.54, 1.807) is 20.9 Å². The van der Waals surface area contributed by atoms with Gasteiger partial charge in [0.2, 0.25) is 10.0 Å². The van der Waals surface area contributed by atoms with Gasteiger partial charge in [-0.05, 0) is 31.5 Å². The number of hydrogen-bond acceptors (Lipinski definition) is 3. The van der Waals surface area contributed by atoms with Crippen LogP contribution in [0.5, 0.6) is 0 Å². The monoisotopic (exact) mass is 345 g/mol. The van der Waals surface area contributed by atoms with E-state index in [-0.39, 0.29) is 16.5 Å². The fourth-order valence-electron chi connectivity index (χ4n) is 2.26. The van der Waals surface area contributed by atoms with Gasteiger partial charge in [-0.2, -0.15) is 9.40 Å². The minimum atomic E-state index is -3.71. The van der Waals surface area contributed by atoms with Crippen LogP contribution in [0.15, 0.2) is 23.1 Å². The van der Waals surface area contributed by atoms with Crippen LogP contribution in [0.25, 0.3) is 0 Å². The van der Waals surface area contributed by atoms with Gasteiger partial charge in [-0.15, -0.1) is 0 Å². The molecule has 2 rings (SSSR count). The molecular formula is C14H17ClFN3O2S. The minimum absolute atomic E-state index is 0.0508. The van der Waals surface area contributed by atoms with E-state index in [0.29, 0.717) is 17.0 Å². The molecule has 0 radical (unpaired) electrons. The first kappa shape index (κ1) is 16.9. The van der Waals surface area contributed by atoms with E-state index in [1.807, 2.05) is 0 Å². The van der Waals surface area contributed by atoms with Crippen LogP contribution in [0.1, 0.15) is 17.0 Å². The molecule has 0 aliphatic heterocycles. The molecule has 0 fully saturated rings. The Bertz CT molecular complexity index is 818. The summed E-state index contributed by atoms with van der Waals surface area (Å²) in [6, 6.07) is 3.90. The van der Waals surface area contributed by atoms with Crippen LogP contribution in [0.3, 0.4) is 0 Å². The average Bonchev–Trinajstić information content (AvgIpc) is 2.66. The Morgan fingerprint density at radius 3 is 2.50 bits per heavy atom. The lowest BCUT2D eigenvalue weighted by molar-refractivity contribution is 0.465. The highest BCUT2D eigenvalue weighted by atomic mass is 35.5. The molecule has 120 valence electrons. The first-order valence-electron chi connectivity index (χ1n) is 6.55. The highest BCUT2D eigenvalue weighted by Gasteiger charge is 2.28. The lowest BCUT2D eigenvalue weighted by atomic mass is 10.2. The Hall–Kier alpha value is -1.44. The third-order valence-corrected chi connectivity index (χ3v) is 5.93. The summed E-state index contributed by atoms with van der Waals surface area (Å²) in [5.74, 6) is -0.460. The Morgan fingerprint density at radius 2 is 2.00 bits per heavy atom. The summed E-state index contributed by atoms with van der Waals surface area (Å²) in [5.41, 5.74) is 1.54. The zero-order valence-electron chi connectivity index (χ0n) is 12.8. The van der Waals surface area contributed by atoms with Crippen molar-refractivity contribution < 1.29 is 12.8 Å². The molecule has 0 unspecified atom stereocenters. The maximum absolute atomic E-state index is 13.1. The molecule has 1 aromatic carbocycles. The van der Waals surface area contributed by atoms with Crippen molar-refractivity contribution in [2.45, 2.75) is 25.3 Å². The van der Waals surface area contributed by atoms with Gasteiger partial charge < -0.3 is 0 Å². The molecule has 0 bridgehead atoms. The second-order valence-electron chi connectivity index (χ2n) is 5.12. The van der Waals surface area contributed by atoms with Crippen LogP contribution >= 0.6 is 11.6 Å². The minimum Gasteiger partial charge on any atom is -0.271 e. The van der Waals surface area contributed by atoms with E-state index in [1.165, 1.54) is 28.2 Å². The highest BCUT2D eigenvalue weighted by Crippen LogP contribution is 2.25. The molecule has 0 aliphatic rings. The molecule has 0 amide bonds. The SMILES string of the molecule is Cc1nn(C)c(C)c1S(=O)(=O)N(C)Cc1ccc(F)cc1Cl. The van der Waals surface area contributed by atoms with Crippen LogP contribution in [0, 0.1) is 19.7 Å². The van der Waals surface area contributed by atoms with Crippen molar-refractivity contribution in [3.63, 3.8) is 0 Å². The van der Waals surface area contributed by atoms with Crippen LogP contribution in [0.2, 0.25) is 5.02 Å². The summed E-state index contributed by atoms with van der Waals surface area (Å²) in [6.45, 7) is 3.40. The topological polar surface area (TPSA) is 55.2 Å². The molecule has 2 aromatic rings. The highest BCUT2D eigenvalue weighted by molar-refractivity contribution is 7.89. The van der Waals surface area contributed by atoms with E-state index in [9.17, 15) is 12.8 Å². The molecule has 22 heavy (non-hydrogen) atoms. The Kier molecular flexibility index (Phi) is 4.60. The molecule has 1 heterocycles. The van der Waals surface area contributed by atoms with E-state index in [4.69, 9.17) is 11.6 Å². The van der Waals surface area contributed by atoms with Crippen molar-refractivity contribution in [1.82, 2.24) is 14.1 Å². The van der Waals surface area contributed by atoms with Crippen molar-refractivity contribution in [2.75, 3.05) is 7.05 Å². The summed E-state index contributed by atoms with van der Waals surface area (Å²) in [5, 5.41) is 4.33. The van der Waals surface area contributed by atoms with Gasteiger partial charge in [0.15, 0.2) is 0 Å². The van der Waals surface area contributed by atoms with Gasteiger partial charge in [0.05, 0.1) is 11.4 Å². The molecule has 5 nitrogen and oxygen atoms in total. The summed E-state index contributed by atoms with van der Waals surface area (Å²) in [7, 11) is -0.555. The Balaban J connectivity index is 2.37. The number of rotatable bonds is 4. The van der Waals surface area contributed by atoms with Gasteiger partial charge in [-0.25, -0.2) is 12.8 Å². The van der Waals surface area contributed by atoms with Gasteiger partial charge in [0.25, 0.3) is 0 Å². The van der Waals surface area contributed by atoms with Crippen molar-refractivity contribution in [2.24, 2.45) is 7.05 Å². The van der Waals surface area contributed by atoms with E-state index in [0.717, 1.165) is 6.07 Å². The largest absolute Gasteiger partial charge is 0.271 e. The lowest BCUT2D eigenvalue weighted by Crippen LogP contribution is -2.27. The summed E-state index contributed by atoms with van der Waals surface area (Å²) < 4.78 is 41.2. The molecule has 0 atom stereocenters. The van der Waals surface area contributed by atoms with E-state index in [2.05, 4.69) is 5.10 Å². The molecule has 0 saturated carbocycles. The third-order valence-electron chi connectivity index (χ3n) is 3.52. The number of sulfonamides is 1. The smallest absolute Gasteiger partial charge is 0.246 e. The number of hydrogen-bond donors (Lipinski definition) is 0. The van der Waals surface area contributed by atoms with Gasteiger partial charge in [0.1, 0.15) is 10.7 Å². The average molecular weight is 346 g/mol. The number of halogens is 2. The van der Waals surface area contributed by atoms with Gasteiger partial charge in [-0.3, -0.25) is 4.68 Å². The van der Waals surface area contributed by atoms with Crippen LogP contribution in [-0.4, -0.2) is 29.6 Å². The standard InChI is InChI=1S/C14H17ClFN3O2S/c1-9-14(10(2)19(4)17-9)22(20,21)18(3)8-11-5-6-12(16)7-13(11)15/h5-7H,8H2,1-4H3. The third kappa shape index (κ3) is 3.02. The van der Waals surface area contributed by atoms with Gasteiger partial charge in [-0.1, -0.05) is 17.7 Å². The summed E-state index contributed by atoms with van der Waals surface area (Å²) in [4.78, 5) is 0.190. The quantitative estimate of drug-likeness (QED) is 0.856. The predicted molar refractivity (Wildman–Crippen MR) is 82.7 cm³/mol. The van der Waals surface area contributed by atoms with Crippen LogP contribution in [-0.2, 0) is 23.6 Å². The summed E-state index contributed by atoms with van der Waals surface area (Å²) in [6.07, 6.45) is 0. The second-order valence-corrected chi connectivity index (χ2v) is 7.51. The second kappa shape index (κ2) is 5.98. The van der Waals surface area contributed by atoms with Crippen molar-refractivity contribution >= 4 is 21.6 Å². The molecule has 0 aliphatic carbocycles. The molecule has 8 heteroatoms. The number of benzene rings is 1. The zero-order valence-corrected chi connectivity index (χ0v) is 14.3.